The quantitative estimate of drug-likeness (QED) is 0.769. The van der Waals surface area contributed by atoms with Gasteiger partial charge in [-0.05, 0) is 39.0 Å². The molecular formula is C17H21BrFNO4. The van der Waals surface area contributed by atoms with Crippen LogP contribution in [-0.2, 0) is 4.74 Å². The summed E-state index contributed by atoms with van der Waals surface area (Å²) >= 11 is 3.19. The first-order chi connectivity index (χ1) is 11.0. The Kier molecular flexibility index (Phi) is 5.34. The zero-order valence-corrected chi connectivity index (χ0v) is 15.5. The molecule has 0 radical (unpaired) electrons. The van der Waals surface area contributed by atoms with E-state index < -0.39 is 28.9 Å². The van der Waals surface area contributed by atoms with Gasteiger partial charge in [0, 0.05) is 30.4 Å². The molecule has 1 aromatic rings. The van der Waals surface area contributed by atoms with Crippen molar-refractivity contribution in [3.63, 3.8) is 0 Å². The molecule has 1 fully saturated rings. The second kappa shape index (κ2) is 6.80. The van der Waals surface area contributed by atoms with Crippen LogP contribution in [0.5, 0.6) is 0 Å². The highest BCUT2D eigenvalue weighted by molar-refractivity contribution is 9.10. The van der Waals surface area contributed by atoms with E-state index in [1.165, 1.54) is 23.1 Å². The molecule has 1 aromatic carbocycles. The zero-order chi connectivity index (χ0) is 18.1. The number of hydrogen-bond acceptors (Lipinski definition) is 4. The molecule has 24 heavy (non-hydrogen) atoms. The molecule has 0 spiro atoms. The van der Waals surface area contributed by atoms with Crippen molar-refractivity contribution in [2.24, 2.45) is 0 Å². The summed E-state index contributed by atoms with van der Waals surface area (Å²) in [5.41, 5.74) is -2.45. The van der Waals surface area contributed by atoms with Gasteiger partial charge in [0.1, 0.15) is 17.0 Å². The van der Waals surface area contributed by atoms with Crippen molar-refractivity contribution >= 4 is 27.8 Å². The van der Waals surface area contributed by atoms with E-state index in [9.17, 15) is 19.1 Å². The van der Waals surface area contributed by atoms with Crippen molar-refractivity contribution in [3.05, 3.63) is 34.1 Å². The van der Waals surface area contributed by atoms with Gasteiger partial charge in [0.15, 0.2) is 5.78 Å². The second-order valence-electron chi connectivity index (χ2n) is 6.95. The second-order valence-corrected chi connectivity index (χ2v) is 7.87. The Morgan fingerprint density at radius 1 is 1.29 bits per heavy atom. The number of nitrogens with zero attached hydrogens (tertiary/aromatic N) is 1. The lowest BCUT2D eigenvalue weighted by atomic mass is 9.84. The molecule has 1 saturated heterocycles. The van der Waals surface area contributed by atoms with Crippen LogP contribution in [0.1, 0.15) is 44.0 Å². The fourth-order valence-corrected chi connectivity index (χ4v) is 2.90. The van der Waals surface area contributed by atoms with E-state index in [0.717, 1.165) is 0 Å². The lowest BCUT2D eigenvalue weighted by Gasteiger charge is -2.37. The first kappa shape index (κ1) is 18.9. The third-order valence-corrected chi connectivity index (χ3v) is 4.33. The summed E-state index contributed by atoms with van der Waals surface area (Å²) in [5, 5.41) is 10.6. The number of halogens is 2. The van der Waals surface area contributed by atoms with Crippen molar-refractivity contribution in [2.75, 3.05) is 13.1 Å². The predicted octanol–water partition coefficient (Wildman–Crippen LogP) is 3.53. The molecule has 132 valence electrons. The Morgan fingerprint density at radius 2 is 1.88 bits per heavy atom. The minimum Gasteiger partial charge on any atom is -0.444 e. The molecule has 1 amide bonds. The highest BCUT2D eigenvalue weighted by Gasteiger charge is 2.42. The van der Waals surface area contributed by atoms with Crippen molar-refractivity contribution in [3.8, 4) is 0 Å². The maximum atomic E-state index is 13.9. The Labute approximate surface area is 148 Å². The Morgan fingerprint density at radius 3 is 2.42 bits per heavy atom. The van der Waals surface area contributed by atoms with Gasteiger partial charge in [0.25, 0.3) is 0 Å². The fourth-order valence-electron chi connectivity index (χ4n) is 2.53. The highest BCUT2D eigenvalue weighted by atomic mass is 79.9. The minimum absolute atomic E-state index is 0.0387. The average molecular weight is 402 g/mol. The van der Waals surface area contributed by atoms with Gasteiger partial charge in [0.2, 0.25) is 0 Å². The molecule has 0 aliphatic carbocycles. The van der Waals surface area contributed by atoms with Gasteiger partial charge in [-0.3, -0.25) is 4.79 Å². The van der Waals surface area contributed by atoms with E-state index in [-0.39, 0.29) is 31.5 Å². The summed E-state index contributed by atoms with van der Waals surface area (Å²) in [7, 11) is 0. The lowest BCUT2D eigenvalue weighted by Crippen LogP contribution is -2.51. The number of hydrogen-bond donors (Lipinski definition) is 1. The number of carbonyl (C=O) groups is 2. The van der Waals surface area contributed by atoms with Crippen LogP contribution >= 0.6 is 15.9 Å². The molecule has 1 heterocycles. The molecule has 1 aliphatic rings. The van der Waals surface area contributed by atoms with Crippen LogP contribution < -0.4 is 0 Å². The number of amides is 1. The number of rotatable bonds is 2. The standard InChI is InChI=1S/C17H21BrFNO4/c1-16(2,3)24-15(22)20-8-6-17(23,7-9-20)14(21)12-10-11(18)4-5-13(12)19/h4-5,10,23H,6-9H2,1-3H3. The summed E-state index contributed by atoms with van der Waals surface area (Å²) in [6.45, 7) is 5.65. The maximum absolute atomic E-state index is 13.9. The van der Waals surface area contributed by atoms with E-state index in [2.05, 4.69) is 15.9 Å². The third-order valence-electron chi connectivity index (χ3n) is 3.84. The SMILES string of the molecule is CC(C)(C)OC(=O)N1CCC(O)(C(=O)c2cc(Br)ccc2F)CC1. The van der Waals surface area contributed by atoms with Gasteiger partial charge in [-0.15, -0.1) is 0 Å². The number of carbonyl (C=O) groups excluding carboxylic acids is 2. The number of likely N-dealkylation sites (tertiary alicyclic amines) is 1. The molecule has 0 atom stereocenters. The lowest BCUT2D eigenvalue weighted by molar-refractivity contribution is -0.0201. The van der Waals surface area contributed by atoms with Crippen LogP contribution in [0.15, 0.2) is 22.7 Å². The van der Waals surface area contributed by atoms with Crippen LogP contribution in [0.3, 0.4) is 0 Å². The Hall–Kier alpha value is -1.47. The normalized spacial score (nSPS) is 17.5. The van der Waals surface area contributed by atoms with Crippen molar-refractivity contribution < 1.29 is 23.8 Å². The molecular weight excluding hydrogens is 381 g/mol. The van der Waals surface area contributed by atoms with Crippen LogP contribution in [0.4, 0.5) is 9.18 Å². The van der Waals surface area contributed by atoms with Crippen molar-refractivity contribution in [2.45, 2.75) is 44.8 Å². The molecule has 1 N–H and O–H groups in total. The maximum Gasteiger partial charge on any atom is 0.410 e. The van der Waals surface area contributed by atoms with Crippen LogP contribution in [0, 0.1) is 5.82 Å². The van der Waals surface area contributed by atoms with Crippen LogP contribution in [-0.4, -0.2) is 46.2 Å². The summed E-state index contributed by atoms with van der Waals surface area (Å²) in [5.74, 6) is -1.34. The topological polar surface area (TPSA) is 66.8 Å². The van der Waals surface area contributed by atoms with Crippen molar-refractivity contribution in [1.82, 2.24) is 4.90 Å². The summed E-state index contributed by atoms with van der Waals surface area (Å²) in [4.78, 5) is 26.0. The molecule has 0 unspecified atom stereocenters. The highest BCUT2D eigenvalue weighted by Crippen LogP contribution is 2.29. The number of benzene rings is 1. The fraction of sp³-hybridized carbons (Fsp3) is 0.529. The van der Waals surface area contributed by atoms with Gasteiger partial charge < -0.3 is 14.7 Å². The van der Waals surface area contributed by atoms with E-state index >= 15 is 0 Å². The largest absolute Gasteiger partial charge is 0.444 e. The molecule has 2 rings (SSSR count). The predicted molar refractivity (Wildman–Crippen MR) is 90.4 cm³/mol. The number of piperidine rings is 1. The van der Waals surface area contributed by atoms with Gasteiger partial charge in [0.05, 0.1) is 5.56 Å². The first-order valence-corrected chi connectivity index (χ1v) is 8.51. The molecule has 5 nitrogen and oxygen atoms in total. The van der Waals surface area contributed by atoms with Gasteiger partial charge in [-0.1, -0.05) is 15.9 Å². The minimum atomic E-state index is -1.68. The average Bonchev–Trinajstić information content (AvgIpc) is 2.48. The van der Waals surface area contributed by atoms with Crippen molar-refractivity contribution in [1.29, 1.82) is 0 Å². The molecule has 7 heteroatoms. The van der Waals surface area contributed by atoms with Crippen LogP contribution in [0.25, 0.3) is 0 Å². The number of ketones is 1. The summed E-state index contributed by atoms with van der Waals surface area (Å²) in [6, 6.07) is 4.02. The summed E-state index contributed by atoms with van der Waals surface area (Å²) in [6.07, 6.45) is -0.403. The zero-order valence-electron chi connectivity index (χ0n) is 13.9. The Balaban J connectivity index is 2.08. The number of ether oxygens (including phenoxy) is 1. The van der Waals surface area contributed by atoms with Gasteiger partial charge in [-0.25, -0.2) is 9.18 Å². The summed E-state index contributed by atoms with van der Waals surface area (Å²) < 4.78 is 19.7. The van der Waals surface area contributed by atoms with E-state index in [1.807, 2.05) is 0 Å². The van der Waals surface area contributed by atoms with Crippen LogP contribution in [0.2, 0.25) is 0 Å². The van der Waals surface area contributed by atoms with Gasteiger partial charge >= 0.3 is 6.09 Å². The molecule has 1 aliphatic heterocycles. The first-order valence-electron chi connectivity index (χ1n) is 7.72. The number of Topliss-reactive ketones (excluding diaryl/α,β-unsaturated/α-hetero) is 1. The van der Waals surface area contributed by atoms with E-state index in [1.54, 1.807) is 20.8 Å². The molecule has 0 bridgehead atoms. The molecule has 0 saturated carbocycles. The van der Waals surface area contributed by atoms with Gasteiger partial charge in [-0.2, -0.15) is 0 Å². The third kappa shape index (κ3) is 4.33. The van der Waals surface area contributed by atoms with E-state index in [0.29, 0.717) is 4.47 Å². The number of aliphatic hydroxyl groups is 1. The van der Waals surface area contributed by atoms with E-state index in [4.69, 9.17) is 4.74 Å². The Bertz CT molecular complexity index is 648. The monoisotopic (exact) mass is 401 g/mol. The smallest absolute Gasteiger partial charge is 0.410 e. The molecule has 0 aromatic heterocycles.